The van der Waals surface area contributed by atoms with Gasteiger partial charge in [-0.05, 0) is 50.3 Å². The highest BCUT2D eigenvalue weighted by Crippen LogP contribution is 2.42. The molecule has 4 rings (SSSR count). The normalized spacial score (nSPS) is 24.8. The first-order valence-electron chi connectivity index (χ1n) is 12.6. The fraction of sp³-hybridized carbons (Fsp3) is 0.577. The molecule has 3 N–H and O–H groups in total. The highest BCUT2D eigenvalue weighted by atomic mass is 32.1. The summed E-state index contributed by atoms with van der Waals surface area (Å²) in [4.78, 5) is 32.3. The fourth-order valence-corrected chi connectivity index (χ4v) is 6.14. The van der Waals surface area contributed by atoms with Crippen molar-refractivity contribution in [1.29, 1.82) is 0 Å². The summed E-state index contributed by atoms with van der Waals surface area (Å²) in [6, 6.07) is 4.38. The van der Waals surface area contributed by atoms with Crippen LogP contribution in [0.15, 0.2) is 30.5 Å². The largest absolute Gasteiger partial charge is 0.416 e. The average molecular weight is 539 g/mol. The Balaban J connectivity index is 1.21. The number of benzene rings is 1. The van der Waals surface area contributed by atoms with Gasteiger partial charge >= 0.3 is 6.18 Å². The Hall–Kier alpha value is -2.50. The molecule has 37 heavy (non-hydrogen) atoms. The summed E-state index contributed by atoms with van der Waals surface area (Å²) < 4.78 is 38.6. The van der Waals surface area contributed by atoms with E-state index in [-0.39, 0.29) is 24.1 Å². The summed E-state index contributed by atoms with van der Waals surface area (Å²) in [5.74, 6) is -0.772. The molecule has 202 valence electrons. The number of thiazole rings is 1. The molecule has 1 aromatic carbocycles. The highest BCUT2D eigenvalue weighted by molar-refractivity contribution is 7.11. The molecule has 1 atom stereocenters. The molecule has 0 radical (unpaired) electrons. The van der Waals surface area contributed by atoms with Gasteiger partial charge in [0.1, 0.15) is 5.60 Å². The molecule has 2 fully saturated rings. The number of halogens is 3. The minimum atomic E-state index is -4.54. The molecule has 1 saturated heterocycles. The quantitative estimate of drug-likeness (QED) is 0.495. The third-order valence-corrected chi connectivity index (χ3v) is 8.71. The standard InChI is InChI=1S/C26H33F3N4O3S/c1-16(2)24-31-13-21(37-24)25(36)9-6-20(7-10-25)33-11-8-19(15-33)32-22(34)14-30-23(35)17-4-3-5-18(12-17)26(27,28)29/h3-5,12-13,16,19-20,36H,6-11,14-15H2,1-2H3,(H,30,35)(H,32,34)/t19-,20?,25?/m1/s1. The minimum Gasteiger partial charge on any atom is -0.384 e. The minimum absolute atomic E-state index is 0.0612. The predicted molar refractivity (Wildman–Crippen MR) is 134 cm³/mol. The Morgan fingerprint density at radius 3 is 2.62 bits per heavy atom. The van der Waals surface area contributed by atoms with Gasteiger partial charge < -0.3 is 15.7 Å². The van der Waals surface area contributed by atoms with Gasteiger partial charge in [-0.1, -0.05) is 19.9 Å². The van der Waals surface area contributed by atoms with E-state index in [1.807, 2.05) is 6.20 Å². The van der Waals surface area contributed by atoms with Crippen LogP contribution in [0.3, 0.4) is 0 Å². The van der Waals surface area contributed by atoms with Crippen LogP contribution in [0.1, 0.15) is 77.7 Å². The lowest BCUT2D eigenvalue weighted by Crippen LogP contribution is -2.45. The van der Waals surface area contributed by atoms with Gasteiger partial charge in [-0.25, -0.2) is 4.98 Å². The molecule has 0 spiro atoms. The van der Waals surface area contributed by atoms with E-state index in [0.717, 1.165) is 53.9 Å². The number of aromatic nitrogens is 1. The Labute approximate surface area is 218 Å². The second-order valence-electron chi connectivity index (χ2n) is 10.3. The molecule has 2 aliphatic rings. The molecular weight excluding hydrogens is 505 g/mol. The van der Waals surface area contributed by atoms with Crippen LogP contribution in [0.25, 0.3) is 0 Å². The van der Waals surface area contributed by atoms with Crippen molar-refractivity contribution in [3.8, 4) is 0 Å². The third kappa shape index (κ3) is 6.69. The molecule has 2 aromatic rings. The molecule has 1 aliphatic heterocycles. The number of hydrogen-bond acceptors (Lipinski definition) is 6. The monoisotopic (exact) mass is 538 g/mol. The molecule has 2 amide bonds. The molecule has 1 saturated carbocycles. The van der Waals surface area contributed by atoms with Gasteiger partial charge in [0.15, 0.2) is 0 Å². The SMILES string of the molecule is CC(C)c1ncc(C2(O)CCC(N3CC[C@@H](NC(=O)CNC(=O)c4cccc(C(F)(F)F)c4)C3)CC2)s1. The van der Waals surface area contributed by atoms with E-state index >= 15 is 0 Å². The Morgan fingerprint density at radius 1 is 1.24 bits per heavy atom. The number of carbonyl (C=O) groups is 2. The lowest BCUT2D eigenvalue weighted by Gasteiger charge is -2.39. The smallest absolute Gasteiger partial charge is 0.384 e. The van der Waals surface area contributed by atoms with E-state index in [9.17, 15) is 27.9 Å². The van der Waals surface area contributed by atoms with E-state index in [1.54, 1.807) is 11.3 Å². The summed E-state index contributed by atoms with van der Waals surface area (Å²) in [7, 11) is 0. The summed E-state index contributed by atoms with van der Waals surface area (Å²) in [5.41, 5.74) is -1.89. The number of carbonyl (C=O) groups excluding carboxylic acids is 2. The Bertz CT molecular complexity index is 1110. The molecule has 1 aliphatic carbocycles. The highest BCUT2D eigenvalue weighted by Gasteiger charge is 2.40. The number of rotatable bonds is 7. The first kappa shape index (κ1) is 27.5. The molecule has 7 nitrogen and oxygen atoms in total. The van der Waals surface area contributed by atoms with Crippen LogP contribution in [0.5, 0.6) is 0 Å². The topological polar surface area (TPSA) is 94.6 Å². The second kappa shape index (κ2) is 11.1. The maximum absolute atomic E-state index is 12.9. The molecular formula is C26H33F3N4O3S. The summed E-state index contributed by atoms with van der Waals surface area (Å²) in [5, 5.41) is 17.6. The van der Waals surface area contributed by atoms with Gasteiger partial charge in [0.05, 0.1) is 22.0 Å². The van der Waals surface area contributed by atoms with Crippen molar-refractivity contribution in [2.24, 2.45) is 0 Å². The van der Waals surface area contributed by atoms with Crippen molar-refractivity contribution >= 4 is 23.2 Å². The second-order valence-corrected chi connectivity index (χ2v) is 11.4. The first-order chi connectivity index (χ1) is 17.4. The Kier molecular flexibility index (Phi) is 8.25. The van der Waals surface area contributed by atoms with E-state index in [1.165, 1.54) is 6.07 Å². The number of nitrogens with one attached hydrogen (secondary N) is 2. The average Bonchev–Trinajstić information content (AvgIpc) is 3.53. The Morgan fingerprint density at radius 2 is 1.97 bits per heavy atom. The lowest BCUT2D eigenvalue weighted by molar-refractivity contribution is -0.137. The number of nitrogens with zero attached hydrogens (tertiary/aromatic N) is 2. The van der Waals surface area contributed by atoms with Crippen molar-refractivity contribution in [2.75, 3.05) is 19.6 Å². The predicted octanol–water partition coefficient (Wildman–Crippen LogP) is 4.04. The molecule has 0 bridgehead atoms. The fourth-order valence-electron chi connectivity index (χ4n) is 5.08. The number of amides is 2. The van der Waals surface area contributed by atoms with Crippen LogP contribution in [0.4, 0.5) is 13.2 Å². The zero-order valence-corrected chi connectivity index (χ0v) is 21.8. The van der Waals surface area contributed by atoms with Crippen LogP contribution in [0.2, 0.25) is 0 Å². The number of alkyl halides is 3. The molecule has 2 heterocycles. The number of aliphatic hydroxyl groups is 1. The number of hydrogen-bond donors (Lipinski definition) is 3. The van der Waals surface area contributed by atoms with Crippen molar-refractivity contribution in [2.45, 2.75) is 75.7 Å². The van der Waals surface area contributed by atoms with Crippen LogP contribution >= 0.6 is 11.3 Å². The molecule has 1 aromatic heterocycles. The third-order valence-electron chi connectivity index (χ3n) is 7.22. The van der Waals surface area contributed by atoms with Crippen LogP contribution in [0, 0.1) is 0 Å². The van der Waals surface area contributed by atoms with E-state index in [4.69, 9.17) is 0 Å². The molecule has 11 heteroatoms. The van der Waals surface area contributed by atoms with Gasteiger partial charge in [-0.2, -0.15) is 13.2 Å². The van der Waals surface area contributed by atoms with Crippen LogP contribution < -0.4 is 10.6 Å². The van der Waals surface area contributed by atoms with E-state index in [0.29, 0.717) is 31.3 Å². The van der Waals surface area contributed by atoms with Crippen LogP contribution in [-0.4, -0.2) is 58.5 Å². The van der Waals surface area contributed by atoms with E-state index in [2.05, 4.69) is 34.4 Å². The zero-order valence-electron chi connectivity index (χ0n) is 21.0. The maximum atomic E-state index is 12.9. The van der Waals surface area contributed by atoms with Crippen molar-refractivity contribution in [3.63, 3.8) is 0 Å². The first-order valence-corrected chi connectivity index (χ1v) is 13.4. The number of likely N-dealkylation sites (tertiary alicyclic amines) is 1. The van der Waals surface area contributed by atoms with Gasteiger partial charge in [0.2, 0.25) is 5.91 Å². The van der Waals surface area contributed by atoms with Crippen molar-refractivity contribution in [3.05, 3.63) is 51.5 Å². The molecule has 0 unspecified atom stereocenters. The van der Waals surface area contributed by atoms with E-state index < -0.39 is 23.2 Å². The summed E-state index contributed by atoms with van der Waals surface area (Å²) in [6.45, 7) is 5.40. The maximum Gasteiger partial charge on any atom is 0.416 e. The summed E-state index contributed by atoms with van der Waals surface area (Å²) >= 11 is 1.59. The summed E-state index contributed by atoms with van der Waals surface area (Å²) in [6.07, 6.45) is 1.11. The van der Waals surface area contributed by atoms with Gasteiger partial charge in [0, 0.05) is 42.9 Å². The van der Waals surface area contributed by atoms with Crippen molar-refractivity contribution < 1.29 is 27.9 Å². The lowest BCUT2D eigenvalue weighted by atomic mass is 9.81. The zero-order chi connectivity index (χ0) is 26.8. The van der Waals surface area contributed by atoms with Gasteiger partial charge in [0.25, 0.3) is 5.91 Å². The van der Waals surface area contributed by atoms with Crippen molar-refractivity contribution in [1.82, 2.24) is 20.5 Å². The van der Waals surface area contributed by atoms with Crippen LogP contribution in [-0.2, 0) is 16.6 Å². The van der Waals surface area contributed by atoms with Gasteiger partial charge in [-0.15, -0.1) is 11.3 Å². The van der Waals surface area contributed by atoms with Gasteiger partial charge in [-0.3, -0.25) is 14.5 Å².